The number of hydrogen-bond acceptors (Lipinski definition) is 2. The smallest absolute Gasteiger partial charge is 0.311 e. The van der Waals surface area contributed by atoms with Crippen LogP contribution in [0.15, 0.2) is 41.3 Å². The molecule has 0 saturated heterocycles. The largest absolute Gasteiger partial charge is 0.421 e. The fourth-order valence-electron chi connectivity index (χ4n) is 3.09. The van der Waals surface area contributed by atoms with Gasteiger partial charge < -0.3 is 9.47 Å². The van der Waals surface area contributed by atoms with Crippen molar-refractivity contribution < 1.29 is 18.0 Å². The molecule has 3 rings (SSSR count). The lowest BCUT2D eigenvalue weighted by Gasteiger charge is -2.30. The molecule has 1 aliphatic rings. The van der Waals surface area contributed by atoms with Crippen molar-refractivity contribution in [2.24, 2.45) is 0 Å². The van der Waals surface area contributed by atoms with Gasteiger partial charge in [-0.25, -0.2) is 0 Å². The highest BCUT2D eigenvalue weighted by Gasteiger charge is 2.34. The maximum Gasteiger partial charge on any atom is 0.421 e. The highest BCUT2D eigenvalue weighted by molar-refractivity contribution is 5.94. The first kappa shape index (κ1) is 17.3. The molecule has 0 fully saturated rings. The SMILES string of the molecule is Cc1ccc2c(c1)CCCN2C(=O)Cn1cccc(C(F)(F)F)c1=O. The lowest BCUT2D eigenvalue weighted by molar-refractivity contribution is -0.139. The molecule has 1 aliphatic heterocycles. The Balaban J connectivity index is 1.89. The summed E-state index contributed by atoms with van der Waals surface area (Å²) >= 11 is 0. The number of benzene rings is 1. The van der Waals surface area contributed by atoms with E-state index in [1.54, 1.807) is 4.90 Å². The molecule has 0 saturated carbocycles. The second kappa shape index (κ2) is 6.38. The van der Waals surface area contributed by atoms with E-state index in [2.05, 4.69) is 0 Å². The van der Waals surface area contributed by atoms with Gasteiger partial charge >= 0.3 is 6.18 Å². The number of anilines is 1. The Hall–Kier alpha value is -2.57. The predicted molar refractivity (Wildman–Crippen MR) is 87.6 cm³/mol. The van der Waals surface area contributed by atoms with Gasteiger partial charge in [0.2, 0.25) is 5.91 Å². The molecule has 0 unspecified atom stereocenters. The van der Waals surface area contributed by atoms with E-state index >= 15 is 0 Å². The van der Waals surface area contributed by atoms with Crippen molar-refractivity contribution in [1.29, 1.82) is 0 Å². The van der Waals surface area contributed by atoms with Crippen LogP contribution in [0.25, 0.3) is 0 Å². The number of hydrogen-bond donors (Lipinski definition) is 0. The van der Waals surface area contributed by atoms with E-state index in [1.165, 1.54) is 6.20 Å². The van der Waals surface area contributed by atoms with Crippen molar-refractivity contribution in [1.82, 2.24) is 4.57 Å². The lowest BCUT2D eigenvalue weighted by atomic mass is 9.99. The molecule has 1 aromatic carbocycles. The molecule has 1 aromatic heterocycles. The van der Waals surface area contributed by atoms with Gasteiger partial charge in [0.15, 0.2) is 0 Å². The van der Waals surface area contributed by atoms with Crippen molar-refractivity contribution >= 4 is 11.6 Å². The standard InChI is InChI=1S/C18H17F3N2O2/c1-12-6-7-15-13(10-12)4-2-9-23(15)16(24)11-22-8-3-5-14(17(22)25)18(19,20)21/h3,5-8,10H,2,4,9,11H2,1H3. The molecule has 0 bridgehead atoms. The van der Waals surface area contributed by atoms with E-state index in [-0.39, 0.29) is 0 Å². The fraction of sp³-hybridized carbons (Fsp3) is 0.333. The average Bonchev–Trinajstić information content (AvgIpc) is 2.54. The van der Waals surface area contributed by atoms with Crippen molar-refractivity contribution in [2.75, 3.05) is 11.4 Å². The zero-order valence-corrected chi connectivity index (χ0v) is 13.6. The number of nitrogens with zero attached hydrogens (tertiary/aromatic N) is 2. The summed E-state index contributed by atoms with van der Waals surface area (Å²) in [5.74, 6) is -0.397. The molecule has 25 heavy (non-hydrogen) atoms. The Kier molecular flexibility index (Phi) is 4.41. The number of carbonyl (C=O) groups excluding carboxylic acids is 1. The first-order valence-electron chi connectivity index (χ1n) is 7.94. The third kappa shape index (κ3) is 3.45. The van der Waals surface area contributed by atoms with Crippen LogP contribution in [-0.4, -0.2) is 17.0 Å². The number of pyridine rings is 1. The van der Waals surface area contributed by atoms with E-state index in [4.69, 9.17) is 0 Å². The summed E-state index contributed by atoms with van der Waals surface area (Å²) in [6.07, 6.45) is -1.90. The first-order valence-corrected chi connectivity index (χ1v) is 7.94. The second-order valence-corrected chi connectivity index (χ2v) is 6.13. The number of aromatic nitrogens is 1. The highest BCUT2D eigenvalue weighted by Crippen LogP contribution is 2.28. The maximum atomic E-state index is 12.8. The summed E-state index contributed by atoms with van der Waals surface area (Å²) in [5.41, 5.74) is 0.418. The number of amides is 1. The maximum absolute atomic E-state index is 12.8. The van der Waals surface area contributed by atoms with Crippen molar-refractivity contribution in [3.63, 3.8) is 0 Å². The number of fused-ring (bicyclic) bond motifs is 1. The van der Waals surface area contributed by atoms with Gasteiger partial charge in [0.1, 0.15) is 12.1 Å². The zero-order valence-electron chi connectivity index (χ0n) is 13.6. The van der Waals surface area contributed by atoms with Crippen molar-refractivity contribution in [2.45, 2.75) is 32.5 Å². The van der Waals surface area contributed by atoms with Crippen LogP contribution in [0.5, 0.6) is 0 Å². The van der Waals surface area contributed by atoms with Crippen LogP contribution in [0.2, 0.25) is 0 Å². The van der Waals surface area contributed by atoms with Crippen molar-refractivity contribution in [3.8, 4) is 0 Å². The van der Waals surface area contributed by atoms with Gasteiger partial charge in [-0.15, -0.1) is 0 Å². The van der Waals surface area contributed by atoms with Gasteiger partial charge in [0.05, 0.1) is 0 Å². The number of alkyl halides is 3. The van der Waals surface area contributed by atoms with Crippen molar-refractivity contribution in [3.05, 3.63) is 63.6 Å². The molecule has 0 N–H and O–H groups in total. The summed E-state index contributed by atoms with van der Waals surface area (Å²) in [7, 11) is 0. The predicted octanol–water partition coefficient (Wildman–Crippen LogP) is 3.15. The second-order valence-electron chi connectivity index (χ2n) is 6.13. The number of aryl methyl sites for hydroxylation is 2. The molecule has 2 aromatic rings. The van der Waals surface area contributed by atoms with Gasteiger partial charge in [-0.2, -0.15) is 13.2 Å². The summed E-state index contributed by atoms with van der Waals surface area (Å²) in [6, 6.07) is 7.59. The van der Waals surface area contributed by atoms with Crippen LogP contribution in [0, 0.1) is 6.92 Å². The normalized spacial score (nSPS) is 14.3. The van der Waals surface area contributed by atoms with Gasteiger partial charge in [-0.3, -0.25) is 9.59 Å². The Bertz CT molecular complexity index is 871. The molecule has 1 amide bonds. The van der Waals surface area contributed by atoms with Crippen LogP contribution < -0.4 is 10.5 Å². The third-order valence-corrected chi connectivity index (χ3v) is 4.29. The zero-order chi connectivity index (χ0) is 18.2. The Morgan fingerprint density at radius 2 is 2.00 bits per heavy atom. The van der Waals surface area contributed by atoms with Crippen LogP contribution in [-0.2, 0) is 23.9 Å². The minimum atomic E-state index is -4.74. The summed E-state index contributed by atoms with van der Waals surface area (Å²) in [5, 5.41) is 0. The summed E-state index contributed by atoms with van der Waals surface area (Å²) < 4.78 is 39.4. The minimum Gasteiger partial charge on any atom is -0.311 e. The van der Waals surface area contributed by atoms with E-state index in [0.717, 1.165) is 46.4 Å². The van der Waals surface area contributed by atoms with E-state index in [0.29, 0.717) is 6.54 Å². The van der Waals surface area contributed by atoms with Gasteiger partial charge in [-0.05, 0) is 43.5 Å². The van der Waals surface area contributed by atoms with E-state index < -0.39 is 29.8 Å². The molecule has 7 heteroatoms. The van der Waals surface area contributed by atoms with Crippen LogP contribution >= 0.6 is 0 Å². The third-order valence-electron chi connectivity index (χ3n) is 4.29. The molecule has 2 heterocycles. The Morgan fingerprint density at radius 3 is 2.72 bits per heavy atom. The summed E-state index contributed by atoms with van der Waals surface area (Å²) in [4.78, 5) is 26.2. The molecule has 4 nitrogen and oxygen atoms in total. The first-order chi connectivity index (χ1) is 11.8. The topological polar surface area (TPSA) is 42.3 Å². The lowest BCUT2D eigenvalue weighted by Crippen LogP contribution is -2.40. The molecular formula is C18H17F3N2O2. The van der Waals surface area contributed by atoms with Crippen LogP contribution in [0.3, 0.4) is 0 Å². The molecule has 0 aliphatic carbocycles. The van der Waals surface area contributed by atoms with Gasteiger partial charge in [0.25, 0.3) is 5.56 Å². The Morgan fingerprint density at radius 1 is 1.24 bits per heavy atom. The molecule has 0 radical (unpaired) electrons. The number of rotatable bonds is 2. The van der Waals surface area contributed by atoms with Gasteiger partial charge in [0, 0.05) is 18.4 Å². The van der Waals surface area contributed by atoms with E-state index in [1.807, 2.05) is 25.1 Å². The quantitative estimate of drug-likeness (QED) is 0.835. The molecule has 132 valence electrons. The molecule has 0 atom stereocenters. The molecule has 0 spiro atoms. The Labute approximate surface area is 142 Å². The highest BCUT2D eigenvalue weighted by atomic mass is 19.4. The van der Waals surface area contributed by atoms with Crippen LogP contribution in [0.4, 0.5) is 18.9 Å². The summed E-state index contributed by atoms with van der Waals surface area (Å²) in [6.45, 7) is 2.03. The number of halogens is 3. The number of carbonyl (C=O) groups is 1. The van der Waals surface area contributed by atoms with Crippen LogP contribution in [0.1, 0.15) is 23.1 Å². The minimum absolute atomic E-state index is 0.397. The monoisotopic (exact) mass is 350 g/mol. The van der Waals surface area contributed by atoms with Gasteiger partial charge in [-0.1, -0.05) is 17.7 Å². The fourth-order valence-corrected chi connectivity index (χ4v) is 3.09. The molecular weight excluding hydrogens is 333 g/mol. The average molecular weight is 350 g/mol. The van der Waals surface area contributed by atoms with E-state index in [9.17, 15) is 22.8 Å².